The molecule has 0 saturated heterocycles. The van der Waals surface area contributed by atoms with E-state index in [1.54, 1.807) is 6.07 Å². The Morgan fingerprint density at radius 1 is 1.22 bits per heavy atom. The van der Waals surface area contributed by atoms with Gasteiger partial charge in [-0.3, -0.25) is 15.5 Å². The summed E-state index contributed by atoms with van der Waals surface area (Å²) in [6.07, 6.45) is 2.20. The quantitative estimate of drug-likeness (QED) is 0.225. The molecular formula is C12H9N4NaO5S. The van der Waals surface area contributed by atoms with E-state index in [0.29, 0.717) is 0 Å². The molecule has 114 valence electrons. The minimum atomic E-state index is -4.60. The van der Waals surface area contributed by atoms with Crippen molar-refractivity contribution in [2.45, 2.75) is 4.90 Å². The average Bonchev–Trinajstić information content (AvgIpc) is 2.47. The second-order valence-electron chi connectivity index (χ2n) is 4.02. The fraction of sp³-hybridized carbons (Fsp3) is 0. The Labute approximate surface area is 153 Å². The largest absolute Gasteiger partial charge is 1.00 e. The van der Waals surface area contributed by atoms with E-state index >= 15 is 0 Å². The topological polar surface area (TPSA) is 138 Å². The van der Waals surface area contributed by atoms with Crippen molar-refractivity contribution in [2.75, 3.05) is 5.43 Å². The van der Waals surface area contributed by atoms with Crippen molar-refractivity contribution in [2.24, 2.45) is 5.10 Å². The van der Waals surface area contributed by atoms with Gasteiger partial charge in [0.2, 0.25) is 0 Å². The number of hydrogen-bond acceptors (Lipinski definition) is 8. The van der Waals surface area contributed by atoms with Crippen molar-refractivity contribution in [3.63, 3.8) is 0 Å². The van der Waals surface area contributed by atoms with E-state index in [4.69, 9.17) is 0 Å². The zero-order valence-corrected chi connectivity index (χ0v) is 14.7. The van der Waals surface area contributed by atoms with Crippen molar-refractivity contribution in [1.29, 1.82) is 0 Å². The number of anilines is 1. The van der Waals surface area contributed by atoms with Crippen LogP contribution in [0.5, 0.6) is 0 Å². The standard InChI is InChI=1S/C12H10N4O5S.Na/c17-16(18)10-5-6-12(13-8-10)15-14-7-9-3-1-2-4-11(9)22(19,20)21;/h1-8H,(H,13,15)(H,19,20,21);/q;+1/p-1/b14-7+;. The first-order chi connectivity index (χ1) is 10.4. The average molecular weight is 344 g/mol. The van der Waals surface area contributed by atoms with Crippen LogP contribution in [-0.4, -0.2) is 29.1 Å². The van der Waals surface area contributed by atoms with Gasteiger partial charge >= 0.3 is 29.6 Å². The van der Waals surface area contributed by atoms with Gasteiger partial charge in [-0.15, -0.1) is 0 Å². The van der Waals surface area contributed by atoms with Crippen LogP contribution in [0, 0.1) is 10.1 Å². The molecule has 0 aliphatic heterocycles. The smallest absolute Gasteiger partial charge is 0.744 e. The monoisotopic (exact) mass is 344 g/mol. The van der Waals surface area contributed by atoms with Crippen LogP contribution in [0.15, 0.2) is 52.6 Å². The van der Waals surface area contributed by atoms with Crippen LogP contribution in [0.4, 0.5) is 11.5 Å². The van der Waals surface area contributed by atoms with Crippen LogP contribution in [0.2, 0.25) is 0 Å². The van der Waals surface area contributed by atoms with E-state index in [2.05, 4.69) is 15.5 Å². The first-order valence-corrected chi connectivity index (χ1v) is 7.23. The summed E-state index contributed by atoms with van der Waals surface area (Å²) in [5, 5.41) is 14.2. The number of nitrogens with one attached hydrogen (secondary N) is 1. The van der Waals surface area contributed by atoms with Gasteiger partial charge in [-0.1, -0.05) is 18.2 Å². The zero-order chi connectivity index (χ0) is 16.2. The second-order valence-corrected chi connectivity index (χ2v) is 5.37. The van der Waals surface area contributed by atoms with Crippen LogP contribution in [0.3, 0.4) is 0 Å². The van der Waals surface area contributed by atoms with Gasteiger partial charge in [0.25, 0.3) is 5.69 Å². The first kappa shape index (κ1) is 19.2. The maximum atomic E-state index is 11.1. The van der Waals surface area contributed by atoms with Gasteiger partial charge in [-0.2, -0.15) is 5.10 Å². The summed E-state index contributed by atoms with van der Waals surface area (Å²) in [5.74, 6) is 0.226. The number of rotatable bonds is 5. The number of hydrazone groups is 1. The summed E-state index contributed by atoms with van der Waals surface area (Å²) >= 11 is 0. The van der Waals surface area contributed by atoms with Gasteiger partial charge in [0, 0.05) is 11.6 Å². The molecule has 0 aliphatic carbocycles. The minimum Gasteiger partial charge on any atom is -0.744 e. The molecule has 0 bridgehead atoms. The Hall–Kier alpha value is -1.85. The maximum absolute atomic E-state index is 11.1. The van der Waals surface area contributed by atoms with E-state index in [1.165, 1.54) is 30.3 Å². The molecule has 23 heavy (non-hydrogen) atoms. The van der Waals surface area contributed by atoms with E-state index in [0.717, 1.165) is 12.4 Å². The summed E-state index contributed by atoms with van der Waals surface area (Å²) in [6.45, 7) is 0. The van der Waals surface area contributed by atoms with Crippen molar-refractivity contribution in [1.82, 2.24) is 4.98 Å². The van der Waals surface area contributed by atoms with Crippen LogP contribution in [0.1, 0.15) is 5.56 Å². The molecule has 9 nitrogen and oxygen atoms in total. The molecule has 0 amide bonds. The van der Waals surface area contributed by atoms with Gasteiger partial charge in [-0.25, -0.2) is 13.4 Å². The van der Waals surface area contributed by atoms with Crippen molar-refractivity contribution in [3.05, 3.63) is 58.3 Å². The Kier molecular flexibility index (Phi) is 6.79. The molecule has 1 aromatic heterocycles. The predicted octanol–water partition coefficient (Wildman–Crippen LogP) is -1.66. The van der Waals surface area contributed by atoms with Crippen LogP contribution in [0.25, 0.3) is 0 Å². The van der Waals surface area contributed by atoms with E-state index < -0.39 is 19.9 Å². The fourth-order valence-corrected chi connectivity index (χ4v) is 2.20. The van der Waals surface area contributed by atoms with Crippen LogP contribution >= 0.6 is 0 Å². The van der Waals surface area contributed by atoms with Crippen molar-refractivity contribution >= 4 is 27.8 Å². The molecular weight excluding hydrogens is 335 g/mol. The molecule has 2 rings (SSSR count). The SMILES string of the molecule is O=[N+]([O-])c1ccc(N/N=C/c2ccccc2S(=O)(=O)[O-])nc1.[Na+]. The van der Waals surface area contributed by atoms with E-state index in [9.17, 15) is 23.1 Å². The third-order valence-corrected chi connectivity index (χ3v) is 3.44. The molecule has 0 unspecified atom stereocenters. The summed E-state index contributed by atoms with van der Waals surface area (Å²) in [6, 6.07) is 8.15. The molecule has 0 saturated carbocycles. The van der Waals surface area contributed by atoms with E-state index in [-0.39, 0.29) is 46.6 Å². The molecule has 0 aliphatic rings. The maximum Gasteiger partial charge on any atom is 1.00 e. The van der Waals surface area contributed by atoms with Gasteiger partial charge in [0.15, 0.2) is 0 Å². The van der Waals surface area contributed by atoms with Gasteiger partial charge in [-0.05, 0) is 12.1 Å². The fourth-order valence-electron chi connectivity index (χ4n) is 1.54. The number of pyridine rings is 1. The van der Waals surface area contributed by atoms with Gasteiger partial charge in [0.05, 0.1) is 16.0 Å². The Morgan fingerprint density at radius 2 is 1.91 bits per heavy atom. The third-order valence-electron chi connectivity index (χ3n) is 2.53. The molecule has 2 aromatic rings. The second kappa shape index (κ2) is 8.13. The Bertz CT molecular complexity index is 824. The van der Waals surface area contributed by atoms with Gasteiger partial charge < -0.3 is 4.55 Å². The van der Waals surface area contributed by atoms with Crippen molar-refractivity contribution in [3.8, 4) is 0 Å². The third kappa shape index (κ3) is 5.37. The zero-order valence-electron chi connectivity index (χ0n) is 11.9. The van der Waals surface area contributed by atoms with Crippen LogP contribution in [-0.2, 0) is 10.1 Å². The summed E-state index contributed by atoms with van der Waals surface area (Å²) in [4.78, 5) is 13.2. The summed E-state index contributed by atoms with van der Waals surface area (Å²) in [7, 11) is -4.60. The molecule has 1 heterocycles. The van der Waals surface area contributed by atoms with Crippen molar-refractivity contribution < 1.29 is 47.5 Å². The number of hydrogen-bond donors (Lipinski definition) is 1. The molecule has 1 N–H and O–H groups in total. The first-order valence-electron chi connectivity index (χ1n) is 5.82. The molecule has 0 spiro atoms. The summed E-state index contributed by atoms with van der Waals surface area (Å²) < 4.78 is 33.2. The Balaban J connectivity index is 0.00000264. The molecule has 11 heteroatoms. The number of nitro groups is 1. The summed E-state index contributed by atoms with van der Waals surface area (Å²) in [5.41, 5.74) is 2.43. The van der Waals surface area contributed by atoms with Crippen LogP contribution < -0.4 is 35.0 Å². The molecule has 0 radical (unpaired) electrons. The predicted molar refractivity (Wildman–Crippen MR) is 76.5 cm³/mol. The minimum absolute atomic E-state index is 0. The Morgan fingerprint density at radius 3 is 2.48 bits per heavy atom. The number of aromatic nitrogens is 1. The molecule has 0 fully saturated rings. The normalized spacial score (nSPS) is 11.0. The molecule has 1 aromatic carbocycles. The van der Waals surface area contributed by atoms with Gasteiger partial charge in [0.1, 0.15) is 22.1 Å². The molecule has 0 atom stereocenters. The number of benzene rings is 1. The number of nitrogens with zero attached hydrogens (tertiary/aromatic N) is 3. The van der Waals surface area contributed by atoms with E-state index in [1.807, 2.05) is 0 Å².